The number of nitrogens with zero attached hydrogens (tertiary/aromatic N) is 3. The first-order valence-corrected chi connectivity index (χ1v) is 17.3. The molecule has 1 N–H and O–H groups in total. The largest absolute Gasteiger partial charge is 0.495 e. The Morgan fingerprint density at radius 3 is 2.24 bits per heavy atom. The Balaban J connectivity index is 1.90. The highest BCUT2D eigenvalue weighted by atomic mass is 35.5. The van der Waals surface area contributed by atoms with E-state index in [9.17, 15) is 32.5 Å². The predicted octanol–water partition coefficient (Wildman–Crippen LogP) is 6.45. The number of ether oxygens (including phenoxy) is 1. The van der Waals surface area contributed by atoms with Crippen LogP contribution in [0.3, 0.4) is 0 Å². The molecule has 0 fully saturated rings. The number of sulfonamides is 1. The summed E-state index contributed by atoms with van der Waals surface area (Å²) in [5, 5.41) is 14.8. The van der Waals surface area contributed by atoms with E-state index < -0.39 is 61.3 Å². The zero-order valence-corrected chi connectivity index (χ0v) is 29.8. The van der Waals surface area contributed by atoms with Crippen molar-refractivity contribution in [1.29, 1.82) is 0 Å². The number of carbonyl (C=O) groups is 2. The van der Waals surface area contributed by atoms with Gasteiger partial charge in [-0.05, 0) is 75.2 Å². The Labute approximate surface area is 295 Å². The Bertz CT molecular complexity index is 1970. The third-order valence-corrected chi connectivity index (χ3v) is 9.68. The highest BCUT2D eigenvalue weighted by Crippen LogP contribution is 2.36. The number of nitro groups is 1. The van der Waals surface area contributed by atoms with Crippen molar-refractivity contribution in [2.45, 2.75) is 57.1 Å². The number of hydrogen-bond donors (Lipinski definition) is 1. The molecule has 0 radical (unpaired) electrons. The normalized spacial score (nSPS) is 12.1. The minimum Gasteiger partial charge on any atom is -0.495 e. The molecule has 1 atom stereocenters. The van der Waals surface area contributed by atoms with Gasteiger partial charge in [-0.15, -0.1) is 0 Å². The molecule has 0 aromatic heterocycles. The number of nitro benzene ring substituents is 1. The summed E-state index contributed by atoms with van der Waals surface area (Å²) in [5.74, 6) is -1.76. The number of halogens is 2. The van der Waals surface area contributed by atoms with Crippen LogP contribution in [0.1, 0.15) is 37.5 Å². The summed E-state index contributed by atoms with van der Waals surface area (Å²) in [5.41, 5.74) is 0.195. The van der Waals surface area contributed by atoms with Crippen LogP contribution in [0.25, 0.3) is 0 Å². The first-order valence-electron chi connectivity index (χ1n) is 15.5. The smallest absolute Gasteiger partial charge is 0.273 e. The summed E-state index contributed by atoms with van der Waals surface area (Å²) in [6, 6.07) is 20.8. The van der Waals surface area contributed by atoms with Crippen molar-refractivity contribution in [3.8, 4) is 5.75 Å². The van der Waals surface area contributed by atoms with Crippen LogP contribution in [0.5, 0.6) is 5.75 Å². The van der Waals surface area contributed by atoms with Gasteiger partial charge in [0.1, 0.15) is 24.2 Å². The van der Waals surface area contributed by atoms with Crippen molar-refractivity contribution < 1.29 is 32.1 Å². The standard InChI is InChI=1S/C36H38ClFN4O7S/c1-24-11-17-29(21-30(24)42(45)46)50(47,48)41(31-20-27(37)14-18-33(31)49-5)23-34(43)40(22-26-12-15-28(38)16-13-26)32(35(44)39-36(2,3)4)19-25-9-7-6-8-10-25/h6-18,20-21,32H,19,22-23H2,1-5H3,(H,39,44). The lowest BCUT2D eigenvalue weighted by atomic mass is 10.0. The minimum atomic E-state index is -4.72. The highest BCUT2D eigenvalue weighted by molar-refractivity contribution is 7.92. The number of benzene rings is 4. The lowest BCUT2D eigenvalue weighted by molar-refractivity contribution is -0.385. The van der Waals surface area contributed by atoms with Gasteiger partial charge in [0.2, 0.25) is 11.8 Å². The van der Waals surface area contributed by atoms with Crippen LogP contribution in [0.2, 0.25) is 5.02 Å². The number of amides is 2. The van der Waals surface area contributed by atoms with Crippen LogP contribution >= 0.6 is 11.6 Å². The average Bonchev–Trinajstić information content (AvgIpc) is 3.05. The van der Waals surface area contributed by atoms with Crippen molar-refractivity contribution >= 4 is 44.8 Å². The lowest BCUT2D eigenvalue weighted by Crippen LogP contribution is -2.56. The van der Waals surface area contributed by atoms with Gasteiger partial charge in [-0.25, -0.2) is 12.8 Å². The molecule has 0 saturated carbocycles. The minimum absolute atomic E-state index is 0.0452. The molecule has 4 rings (SSSR count). The summed E-state index contributed by atoms with van der Waals surface area (Å²) in [7, 11) is -3.42. The molecule has 0 aliphatic rings. The molecule has 50 heavy (non-hydrogen) atoms. The van der Waals surface area contributed by atoms with Gasteiger partial charge in [-0.2, -0.15) is 0 Å². The van der Waals surface area contributed by atoms with Crippen LogP contribution < -0.4 is 14.4 Å². The topological polar surface area (TPSA) is 139 Å². The predicted molar refractivity (Wildman–Crippen MR) is 189 cm³/mol. The molecular formula is C36H38ClFN4O7S. The third kappa shape index (κ3) is 9.36. The quantitative estimate of drug-likeness (QED) is 0.123. The van der Waals surface area contributed by atoms with E-state index in [4.69, 9.17) is 16.3 Å². The average molecular weight is 725 g/mol. The molecule has 0 spiro atoms. The van der Waals surface area contributed by atoms with Gasteiger partial charge in [0, 0.05) is 35.2 Å². The molecule has 264 valence electrons. The number of anilines is 1. The highest BCUT2D eigenvalue weighted by Gasteiger charge is 2.37. The maximum absolute atomic E-state index is 14.7. The zero-order valence-electron chi connectivity index (χ0n) is 28.2. The Morgan fingerprint density at radius 1 is 0.980 bits per heavy atom. The zero-order chi connectivity index (χ0) is 36.8. The monoisotopic (exact) mass is 724 g/mol. The first-order chi connectivity index (χ1) is 23.5. The number of rotatable bonds is 13. The third-order valence-electron chi connectivity index (χ3n) is 7.69. The van der Waals surface area contributed by atoms with E-state index in [0.717, 1.165) is 15.9 Å². The summed E-state index contributed by atoms with van der Waals surface area (Å²) < 4.78 is 49.0. The Kier molecular flexibility index (Phi) is 11.9. The van der Waals surface area contributed by atoms with Crippen LogP contribution in [-0.4, -0.2) is 55.3 Å². The Hall–Kier alpha value is -5.01. The van der Waals surface area contributed by atoms with E-state index in [1.807, 2.05) is 6.07 Å². The fourth-order valence-electron chi connectivity index (χ4n) is 5.24. The summed E-state index contributed by atoms with van der Waals surface area (Å²) >= 11 is 6.32. The molecule has 2 amide bonds. The van der Waals surface area contributed by atoms with Gasteiger partial charge in [-0.3, -0.25) is 24.0 Å². The molecule has 0 bridgehead atoms. The van der Waals surface area contributed by atoms with Gasteiger partial charge in [0.25, 0.3) is 15.7 Å². The van der Waals surface area contributed by atoms with E-state index >= 15 is 0 Å². The fourth-order valence-corrected chi connectivity index (χ4v) is 6.84. The Morgan fingerprint density at radius 2 is 1.64 bits per heavy atom. The van der Waals surface area contributed by atoms with E-state index in [0.29, 0.717) is 5.56 Å². The van der Waals surface area contributed by atoms with Crippen LogP contribution in [-0.2, 0) is 32.6 Å². The van der Waals surface area contributed by atoms with Crippen LogP contribution in [0, 0.1) is 22.9 Å². The number of hydrogen-bond acceptors (Lipinski definition) is 7. The number of nitrogens with one attached hydrogen (secondary N) is 1. The van der Waals surface area contributed by atoms with Crippen LogP contribution in [0.4, 0.5) is 15.8 Å². The summed E-state index contributed by atoms with van der Waals surface area (Å²) in [4.78, 5) is 40.5. The molecular weight excluding hydrogens is 687 g/mol. The molecule has 14 heteroatoms. The second-order valence-electron chi connectivity index (χ2n) is 12.6. The fraction of sp³-hybridized carbons (Fsp3) is 0.278. The molecule has 4 aromatic carbocycles. The molecule has 4 aromatic rings. The van der Waals surface area contributed by atoms with Gasteiger partial charge < -0.3 is 15.0 Å². The molecule has 0 saturated heterocycles. The summed E-state index contributed by atoms with van der Waals surface area (Å²) in [6.07, 6.45) is 0.0626. The van der Waals surface area contributed by atoms with E-state index in [1.165, 1.54) is 73.5 Å². The van der Waals surface area contributed by atoms with Crippen molar-refractivity contribution in [2.24, 2.45) is 0 Å². The van der Waals surface area contributed by atoms with Crippen molar-refractivity contribution in [1.82, 2.24) is 10.2 Å². The van der Waals surface area contributed by atoms with E-state index in [2.05, 4.69) is 5.32 Å². The number of carbonyl (C=O) groups excluding carboxylic acids is 2. The summed E-state index contributed by atoms with van der Waals surface area (Å²) in [6.45, 7) is 5.78. The van der Waals surface area contributed by atoms with Crippen LogP contribution in [0.15, 0.2) is 95.9 Å². The van der Waals surface area contributed by atoms with Crippen molar-refractivity contribution in [3.63, 3.8) is 0 Å². The van der Waals surface area contributed by atoms with Gasteiger partial charge in [0.15, 0.2) is 0 Å². The number of aryl methyl sites for hydroxylation is 1. The first kappa shape index (κ1) is 37.8. The SMILES string of the molecule is COc1ccc(Cl)cc1N(CC(=O)N(Cc1ccc(F)cc1)C(Cc1ccccc1)C(=O)NC(C)(C)C)S(=O)(=O)c1ccc(C)c([N+](=O)[O-])c1. The molecule has 0 aliphatic carbocycles. The second-order valence-corrected chi connectivity index (χ2v) is 14.9. The van der Waals surface area contributed by atoms with Crippen molar-refractivity contribution in [3.05, 3.63) is 129 Å². The van der Waals surface area contributed by atoms with Gasteiger partial charge in [0.05, 0.1) is 22.6 Å². The molecule has 11 nitrogen and oxygen atoms in total. The van der Waals surface area contributed by atoms with Gasteiger partial charge >= 0.3 is 0 Å². The van der Waals surface area contributed by atoms with E-state index in [1.54, 1.807) is 45.0 Å². The molecule has 0 heterocycles. The second kappa shape index (κ2) is 15.7. The maximum Gasteiger partial charge on any atom is 0.273 e. The number of methoxy groups -OCH3 is 1. The molecule has 0 aliphatic heterocycles. The van der Waals surface area contributed by atoms with Gasteiger partial charge in [-0.1, -0.05) is 60.1 Å². The lowest BCUT2D eigenvalue weighted by Gasteiger charge is -2.35. The van der Waals surface area contributed by atoms with Crippen molar-refractivity contribution in [2.75, 3.05) is 18.0 Å². The maximum atomic E-state index is 14.7. The molecule has 1 unspecified atom stereocenters. The van der Waals surface area contributed by atoms with E-state index in [-0.39, 0.29) is 35.0 Å².